The molecule has 0 N–H and O–H groups in total. The Bertz CT molecular complexity index is 394. The van der Waals surface area contributed by atoms with E-state index >= 15 is 0 Å². The van der Waals surface area contributed by atoms with E-state index in [1.54, 1.807) is 6.92 Å². The number of thioether (sulfide) groups is 1. The van der Waals surface area contributed by atoms with Gasteiger partial charge in [-0.25, -0.2) is 0 Å². The molecule has 92 valence electrons. The highest BCUT2D eigenvalue weighted by molar-refractivity contribution is 8.00. The summed E-state index contributed by atoms with van der Waals surface area (Å²) in [5.41, 5.74) is 1.66. The van der Waals surface area contributed by atoms with Crippen molar-refractivity contribution < 1.29 is 4.79 Å². The van der Waals surface area contributed by atoms with Crippen molar-refractivity contribution in [3.63, 3.8) is 0 Å². The largest absolute Gasteiger partial charge is 0.368 e. The van der Waals surface area contributed by atoms with E-state index in [0.717, 1.165) is 18.8 Å². The molecule has 1 aromatic rings. The molecule has 2 heterocycles. The van der Waals surface area contributed by atoms with Gasteiger partial charge in [-0.05, 0) is 12.1 Å². The second-order valence-corrected chi connectivity index (χ2v) is 6.50. The van der Waals surface area contributed by atoms with Crippen LogP contribution in [0, 0.1) is 0 Å². The van der Waals surface area contributed by atoms with Crippen molar-refractivity contribution in [1.29, 1.82) is 0 Å². The molecule has 3 nitrogen and oxygen atoms in total. The lowest BCUT2D eigenvalue weighted by Crippen LogP contribution is -2.40. The molecular formula is C13H18N2OS. The summed E-state index contributed by atoms with van der Waals surface area (Å²) >= 11 is 2.03. The molecule has 0 aromatic carbocycles. The number of hydrogen-bond acceptors (Lipinski definition) is 4. The molecule has 2 atom stereocenters. The summed E-state index contributed by atoms with van der Waals surface area (Å²) < 4.78 is 0. The Morgan fingerprint density at radius 2 is 2.00 bits per heavy atom. The first-order valence-electron chi connectivity index (χ1n) is 5.93. The highest BCUT2D eigenvalue weighted by atomic mass is 32.2. The van der Waals surface area contributed by atoms with Crippen LogP contribution in [-0.2, 0) is 0 Å². The fraction of sp³-hybridized carbons (Fsp3) is 0.538. The van der Waals surface area contributed by atoms with Gasteiger partial charge in [0.25, 0.3) is 0 Å². The van der Waals surface area contributed by atoms with Crippen LogP contribution in [0.2, 0.25) is 0 Å². The lowest BCUT2D eigenvalue weighted by Gasteiger charge is -2.36. The summed E-state index contributed by atoms with van der Waals surface area (Å²) in [6, 6.07) is 3.81. The fourth-order valence-corrected chi connectivity index (χ4v) is 3.50. The van der Waals surface area contributed by atoms with E-state index in [1.165, 1.54) is 0 Å². The molecule has 1 fully saturated rings. The molecule has 1 aliphatic rings. The van der Waals surface area contributed by atoms with Crippen molar-refractivity contribution >= 4 is 23.2 Å². The Morgan fingerprint density at radius 1 is 1.35 bits per heavy atom. The van der Waals surface area contributed by atoms with Crippen LogP contribution in [-0.4, -0.2) is 34.4 Å². The third-order valence-electron chi connectivity index (χ3n) is 2.89. The van der Waals surface area contributed by atoms with E-state index in [0.29, 0.717) is 16.2 Å². The van der Waals surface area contributed by atoms with Gasteiger partial charge in [0.1, 0.15) is 5.69 Å². The van der Waals surface area contributed by atoms with Crippen LogP contribution in [0.1, 0.15) is 31.3 Å². The van der Waals surface area contributed by atoms with Gasteiger partial charge < -0.3 is 4.90 Å². The Labute approximate surface area is 107 Å². The van der Waals surface area contributed by atoms with Gasteiger partial charge in [0, 0.05) is 30.5 Å². The van der Waals surface area contributed by atoms with E-state index < -0.39 is 0 Å². The van der Waals surface area contributed by atoms with Crippen molar-refractivity contribution in [3.8, 4) is 0 Å². The zero-order chi connectivity index (χ0) is 12.4. The zero-order valence-corrected chi connectivity index (χ0v) is 11.3. The Balaban J connectivity index is 2.14. The Morgan fingerprint density at radius 3 is 2.47 bits per heavy atom. The number of pyridine rings is 1. The monoisotopic (exact) mass is 250 g/mol. The van der Waals surface area contributed by atoms with Crippen LogP contribution in [0.3, 0.4) is 0 Å². The summed E-state index contributed by atoms with van der Waals surface area (Å²) in [6.07, 6.45) is 1.81. The molecule has 0 radical (unpaired) electrons. The fourth-order valence-electron chi connectivity index (χ4n) is 2.17. The molecule has 17 heavy (non-hydrogen) atoms. The number of rotatable bonds is 2. The number of carbonyl (C=O) groups is 1. The lowest BCUT2D eigenvalue weighted by atomic mass is 10.2. The van der Waals surface area contributed by atoms with E-state index in [2.05, 4.69) is 23.7 Å². The maximum absolute atomic E-state index is 11.2. The topological polar surface area (TPSA) is 33.2 Å². The summed E-state index contributed by atoms with van der Waals surface area (Å²) in [5.74, 6) is 0.0208. The molecule has 1 saturated heterocycles. The highest BCUT2D eigenvalue weighted by Crippen LogP contribution is 2.28. The molecule has 2 rings (SSSR count). The predicted molar refractivity (Wildman–Crippen MR) is 73.0 cm³/mol. The van der Waals surface area contributed by atoms with Gasteiger partial charge in [-0.1, -0.05) is 13.8 Å². The first-order valence-corrected chi connectivity index (χ1v) is 6.88. The van der Waals surface area contributed by atoms with E-state index in [9.17, 15) is 4.79 Å². The van der Waals surface area contributed by atoms with E-state index in [1.807, 2.05) is 30.1 Å². The van der Waals surface area contributed by atoms with Gasteiger partial charge in [-0.15, -0.1) is 0 Å². The number of Topliss-reactive ketones (excluding diaryl/α,β-unsaturated/α-hetero) is 1. The maximum atomic E-state index is 11.2. The number of anilines is 1. The lowest BCUT2D eigenvalue weighted by molar-refractivity contribution is 0.101. The second-order valence-electron chi connectivity index (χ2n) is 4.62. The summed E-state index contributed by atoms with van der Waals surface area (Å²) in [7, 11) is 0. The minimum absolute atomic E-state index is 0.0208. The minimum atomic E-state index is 0.0208. The molecule has 0 bridgehead atoms. The smallest absolute Gasteiger partial charge is 0.178 e. The van der Waals surface area contributed by atoms with Gasteiger partial charge in [0.2, 0.25) is 0 Å². The number of aromatic nitrogens is 1. The normalized spacial score (nSPS) is 24.8. The highest BCUT2D eigenvalue weighted by Gasteiger charge is 2.22. The molecule has 2 unspecified atom stereocenters. The van der Waals surface area contributed by atoms with Crippen molar-refractivity contribution in [1.82, 2.24) is 4.98 Å². The number of hydrogen-bond donors (Lipinski definition) is 0. The van der Waals surface area contributed by atoms with Gasteiger partial charge in [-0.2, -0.15) is 11.8 Å². The summed E-state index contributed by atoms with van der Waals surface area (Å²) in [6.45, 7) is 8.16. The van der Waals surface area contributed by atoms with Gasteiger partial charge in [0.15, 0.2) is 5.78 Å². The quantitative estimate of drug-likeness (QED) is 0.755. The molecule has 0 aliphatic carbocycles. The van der Waals surface area contributed by atoms with E-state index in [4.69, 9.17) is 0 Å². The second kappa shape index (κ2) is 5.08. The predicted octanol–water partition coefficient (Wildman–Crippen LogP) is 2.61. The summed E-state index contributed by atoms with van der Waals surface area (Å²) in [4.78, 5) is 17.7. The van der Waals surface area contributed by atoms with Gasteiger partial charge in [-0.3, -0.25) is 9.78 Å². The van der Waals surface area contributed by atoms with Crippen LogP contribution in [0.15, 0.2) is 18.3 Å². The van der Waals surface area contributed by atoms with Crippen molar-refractivity contribution in [2.75, 3.05) is 18.0 Å². The van der Waals surface area contributed by atoms with Gasteiger partial charge in [0.05, 0.1) is 11.9 Å². The molecule has 0 saturated carbocycles. The summed E-state index contributed by atoms with van der Waals surface area (Å²) in [5, 5.41) is 1.29. The first-order chi connectivity index (χ1) is 8.06. The minimum Gasteiger partial charge on any atom is -0.368 e. The number of ketones is 1. The van der Waals surface area contributed by atoms with Crippen molar-refractivity contribution in [3.05, 3.63) is 24.0 Å². The van der Waals surface area contributed by atoms with Crippen LogP contribution in [0.4, 0.5) is 5.69 Å². The third kappa shape index (κ3) is 3.00. The first kappa shape index (κ1) is 12.4. The molecule has 1 aliphatic heterocycles. The molecule has 1 aromatic heterocycles. The van der Waals surface area contributed by atoms with Crippen LogP contribution in [0.5, 0.6) is 0 Å². The van der Waals surface area contributed by atoms with Crippen LogP contribution in [0.25, 0.3) is 0 Å². The van der Waals surface area contributed by atoms with Gasteiger partial charge >= 0.3 is 0 Å². The Kier molecular flexibility index (Phi) is 3.72. The van der Waals surface area contributed by atoms with Crippen LogP contribution >= 0.6 is 11.8 Å². The molecular weight excluding hydrogens is 232 g/mol. The molecule has 4 heteroatoms. The standard InChI is InChI=1S/C13H18N2OS/c1-9-7-15(8-10(2)17-9)12-4-5-13(11(3)16)14-6-12/h4-6,9-10H,7-8H2,1-3H3. The SMILES string of the molecule is CC(=O)c1ccc(N2CC(C)SC(C)C2)cn1. The average molecular weight is 250 g/mol. The Hall–Kier alpha value is -1.03. The maximum Gasteiger partial charge on any atom is 0.178 e. The number of nitrogens with zero attached hydrogens (tertiary/aromatic N) is 2. The van der Waals surface area contributed by atoms with Crippen molar-refractivity contribution in [2.45, 2.75) is 31.3 Å². The van der Waals surface area contributed by atoms with Crippen molar-refractivity contribution in [2.24, 2.45) is 0 Å². The molecule has 0 amide bonds. The van der Waals surface area contributed by atoms with E-state index in [-0.39, 0.29) is 5.78 Å². The average Bonchev–Trinajstić information content (AvgIpc) is 2.28. The zero-order valence-electron chi connectivity index (χ0n) is 10.5. The number of carbonyl (C=O) groups excluding carboxylic acids is 1. The third-order valence-corrected chi connectivity index (χ3v) is 4.12. The molecule has 0 spiro atoms. The van der Waals surface area contributed by atoms with Crippen LogP contribution < -0.4 is 4.90 Å².